The van der Waals surface area contributed by atoms with Gasteiger partial charge in [0.1, 0.15) is 0 Å². The molecule has 0 atom stereocenters. The van der Waals surface area contributed by atoms with Crippen molar-refractivity contribution in [2.24, 2.45) is 0 Å². The van der Waals surface area contributed by atoms with Gasteiger partial charge in [-0.15, -0.1) is 0 Å². The number of nitrogens with zero attached hydrogens (tertiary/aromatic N) is 1. The molecule has 0 saturated carbocycles. The zero-order valence-electron chi connectivity index (χ0n) is 14.4. The summed E-state index contributed by atoms with van der Waals surface area (Å²) in [5.41, 5.74) is 2.99. The second-order valence-electron chi connectivity index (χ2n) is 5.87. The lowest BCUT2D eigenvalue weighted by Crippen LogP contribution is -2.32. The summed E-state index contributed by atoms with van der Waals surface area (Å²) in [5.74, 6) is -1.42. The first-order valence-electron chi connectivity index (χ1n) is 7.45. The Morgan fingerprint density at radius 3 is 2.00 bits per heavy atom. The van der Waals surface area contributed by atoms with Crippen molar-refractivity contribution in [1.82, 2.24) is 0 Å². The van der Waals surface area contributed by atoms with Crippen molar-refractivity contribution in [2.75, 3.05) is 11.4 Å². The molecule has 0 heterocycles. The number of aromatic carboxylic acids is 1. The molecule has 0 unspecified atom stereocenters. The van der Waals surface area contributed by atoms with Crippen LogP contribution in [0.25, 0.3) is 0 Å². The zero-order chi connectivity index (χ0) is 18.2. The van der Waals surface area contributed by atoms with Crippen LogP contribution in [0.15, 0.2) is 35.2 Å². The standard InChI is InChI=1S/C18H21NO4S/c1-11-10-12(2)14(4)17(13(11)3)24(22,23)19(5)16-9-7-6-8-15(16)18(20)21/h6-10H,1-5H3,(H,20,21)/p-1. The first kappa shape index (κ1) is 18.0. The highest BCUT2D eigenvalue weighted by Crippen LogP contribution is 2.31. The van der Waals surface area contributed by atoms with E-state index in [2.05, 4.69) is 0 Å². The molecule has 0 bridgehead atoms. The van der Waals surface area contributed by atoms with E-state index >= 15 is 0 Å². The van der Waals surface area contributed by atoms with Crippen LogP contribution < -0.4 is 9.41 Å². The molecule has 0 aromatic heterocycles. The quantitative estimate of drug-likeness (QED) is 0.849. The summed E-state index contributed by atoms with van der Waals surface area (Å²) in [7, 11) is -2.56. The van der Waals surface area contributed by atoms with Crippen LogP contribution in [0, 0.1) is 27.7 Å². The molecule has 2 aromatic rings. The summed E-state index contributed by atoms with van der Waals surface area (Å²) < 4.78 is 27.3. The average Bonchev–Trinajstić information content (AvgIpc) is 2.52. The van der Waals surface area contributed by atoms with Gasteiger partial charge in [-0.25, -0.2) is 8.42 Å². The lowest BCUT2D eigenvalue weighted by molar-refractivity contribution is -0.254. The second kappa shape index (κ2) is 6.28. The van der Waals surface area contributed by atoms with Crippen LogP contribution in [0.5, 0.6) is 0 Å². The van der Waals surface area contributed by atoms with E-state index in [9.17, 15) is 18.3 Å². The van der Waals surface area contributed by atoms with E-state index < -0.39 is 16.0 Å². The summed E-state index contributed by atoms with van der Waals surface area (Å²) >= 11 is 0. The van der Waals surface area contributed by atoms with E-state index in [0.717, 1.165) is 15.4 Å². The number of carboxylic acids is 1. The summed E-state index contributed by atoms with van der Waals surface area (Å²) in [4.78, 5) is 11.5. The number of carboxylic acid groups (broad SMARTS) is 1. The Morgan fingerprint density at radius 2 is 1.50 bits per heavy atom. The van der Waals surface area contributed by atoms with Gasteiger partial charge in [-0.1, -0.05) is 24.3 Å². The highest BCUT2D eigenvalue weighted by atomic mass is 32.2. The molecule has 2 aromatic carbocycles. The van der Waals surface area contributed by atoms with Gasteiger partial charge in [0, 0.05) is 12.6 Å². The smallest absolute Gasteiger partial charge is 0.264 e. The molecule has 0 aliphatic heterocycles. The van der Waals surface area contributed by atoms with Crippen molar-refractivity contribution in [1.29, 1.82) is 0 Å². The Balaban J connectivity index is 2.72. The van der Waals surface area contributed by atoms with E-state index in [4.69, 9.17) is 0 Å². The third-order valence-corrected chi connectivity index (χ3v) is 6.42. The minimum Gasteiger partial charge on any atom is -0.545 e. The van der Waals surface area contributed by atoms with Crippen molar-refractivity contribution >= 4 is 21.7 Å². The number of sulfonamides is 1. The average molecular weight is 346 g/mol. The Labute approximate surface area is 142 Å². The number of hydrogen-bond acceptors (Lipinski definition) is 4. The van der Waals surface area contributed by atoms with Crippen LogP contribution in [0.4, 0.5) is 5.69 Å². The van der Waals surface area contributed by atoms with Gasteiger partial charge in [-0.05, 0) is 56.0 Å². The minimum atomic E-state index is -3.91. The summed E-state index contributed by atoms with van der Waals surface area (Å²) in [6.45, 7) is 7.23. The summed E-state index contributed by atoms with van der Waals surface area (Å²) in [6, 6.07) is 7.85. The number of carbonyl (C=O) groups excluding carboxylic acids is 1. The largest absolute Gasteiger partial charge is 0.545 e. The second-order valence-corrected chi connectivity index (χ2v) is 7.77. The molecule has 0 aliphatic rings. The first-order valence-corrected chi connectivity index (χ1v) is 8.89. The lowest BCUT2D eigenvalue weighted by atomic mass is 10.0. The Kier molecular flexibility index (Phi) is 4.71. The van der Waals surface area contributed by atoms with Crippen LogP contribution in [0.3, 0.4) is 0 Å². The van der Waals surface area contributed by atoms with Crippen LogP contribution in [-0.2, 0) is 10.0 Å². The molecule has 128 valence electrons. The number of aryl methyl sites for hydroxylation is 2. The van der Waals surface area contributed by atoms with E-state index in [1.807, 2.05) is 19.9 Å². The van der Waals surface area contributed by atoms with Gasteiger partial charge in [0.25, 0.3) is 10.0 Å². The molecule has 0 amide bonds. The van der Waals surface area contributed by atoms with Crippen LogP contribution in [0.1, 0.15) is 32.6 Å². The fraction of sp³-hybridized carbons (Fsp3) is 0.278. The predicted octanol–water partition coefficient (Wildman–Crippen LogP) is 2.11. The van der Waals surface area contributed by atoms with Crippen molar-refractivity contribution in [3.8, 4) is 0 Å². The maximum Gasteiger partial charge on any atom is 0.264 e. The van der Waals surface area contributed by atoms with Crippen LogP contribution in [-0.4, -0.2) is 21.4 Å². The molecule has 0 saturated heterocycles. The normalized spacial score (nSPS) is 11.4. The zero-order valence-corrected chi connectivity index (χ0v) is 15.2. The monoisotopic (exact) mass is 346 g/mol. The highest BCUT2D eigenvalue weighted by molar-refractivity contribution is 7.93. The van der Waals surface area contributed by atoms with Gasteiger partial charge in [0.2, 0.25) is 0 Å². The number of para-hydroxylation sites is 1. The molecule has 2 rings (SSSR count). The van der Waals surface area contributed by atoms with Gasteiger partial charge in [-0.3, -0.25) is 4.31 Å². The Hall–Kier alpha value is -2.34. The molecule has 6 heteroatoms. The predicted molar refractivity (Wildman–Crippen MR) is 91.8 cm³/mol. The lowest BCUT2D eigenvalue weighted by Gasteiger charge is -2.25. The van der Waals surface area contributed by atoms with Crippen molar-refractivity contribution in [3.63, 3.8) is 0 Å². The third kappa shape index (κ3) is 2.89. The number of carbonyl (C=O) groups is 1. The third-order valence-electron chi connectivity index (χ3n) is 4.38. The Bertz CT molecular complexity index is 891. The minimum absolute atomic E-state index is 0.0791. The fourth-order valence-electron chi connectivity index (χ4n) is 2.75. The van der Waals surface area contributed by atoms with E-state index in [0.29, 0.717) is 11.1 Å². The number of hydrogen-bond donors (Lipinski definition) is 0. The van der Waals surface area contributed by atoms with E-state index in [1.165, 1.54) is 25.2 Å². The van der Waals surface area contributed by atoms with Gasteiger partial charge in [0.05, 0.1) is 16.6 Å². The van der Waals surface area contributed by atoms with Crippen LogP contribution >= 0.6 is 0 Å². The summed E-state index contributed by atoms with van der Waals surface area (Å²) in [5, 5.41) is 11.3. The van der Waals surface area contributed by atoms with Gasteiger partial charge >= 0.3 is 0 Å². The van der Waals surface area contributed by atoms with Gasteiger partial charge in [-0.2, -0.15) is 0 Å². The van der Waals surface area contributed by atoms with Crippen LogP contribution in [0.2, 0.25) is 0 Å². The van der Waals surface area contributed by atoms with Crippen molar-refractivity contribution in [2.45, 2.75) is 32.6 Å². The number of anilines is 1. The van der Waals surface area contributed by atoms with E-state index in [1.54, 1.807) is 19.9 Å². The molecule has 0 radical (unpaired) electrons. The summed E-state index contributed by atoms with van der Waals surface area (Å²) in [6.07, 6.45) is 0. The number of benzene rings is 2. The topological polar surface area (TPSA) is 77.5 Å². The molecular weight excluding hydrogens is 326 g/mol. The molecular formula is C18H20NO4S-. The first-order chi connectivity index (χ1) is 11.1. The molecule has 0 spiro atoms. The number of rotatable bonds is 4. The molecule has 5 nitrogen and oxygen atoms in total. The van der Waals surface area contributed by atoms with Crippen molar-refractivity contribution in [3.05, 3.63) is 58.1 Å². The van der Waals surface area contributed by atoms with Gasteiger partial charge in [0.15, 0.2) is 0 Å². The molecule has 0 fully saturated rings. The highest BCUT2D eigenvalue weighted by Gasteiger charge is 2.28. The van der Waals surface area contributed by atoms with E-state index in [-0.39, 0.29) is 16.1 Å². The molecule has 0 N–H and O–H groups in total. The Morgan fingerprint density at radius 1 is 1.00 bits per heavy atom. The van der Waals surface area contributed by atoms with Crippen molar-refractivity contribution < 1.29 is 18.3 Å². The molecule has 24 heavy (non-hydrogen) atoms. The molecule has 0 aliphatic carbocycles. The maximum atomic E-state index is 13.2. The fourth-order valence-corrected chi connectivity index (χ4v) is 4.54. The SMILES string of the molecule is Cc1cc(C)c(C)c(S(=O)(=O)N(C)c2ccccc2C(=O)[O-])c1C. The maximum absolute atomic E-state index is 13.2. The van der Waals surface area contributed by atoms with Gasteiger partial charge < -0.3 is 9.90 Å².